The van der Waals surface area contributed by atoms with Crippen LogP contribution in [0.25, 0.3) is 16.9 Å². The molecule has 3 rings (SSSR count). The van der Waals surface area contributed by atoms with Crippen LogP contribution in [-0.4, -0.2) is 26.4 Å². The van der Waals surface area contributed by atoms with Gasteiger partial charge in [0.1, 0.15) is 11.3 Å². The molecule has 0 saturated heterocycles. The maximum absolute atomic E-state index is 6.10. The van der Waals surface area contributed by atoms with Crippen molar-refractivity contribution >= 4 is 17.1 Å². The van der Waals surface area contributed by atoms with E-state index in [-0.39, 0.29) is 0 Å². The molecule has 2 aromatic heterocycles. The number of hydrogen-bond donors (Lipinski definition) is 1. The summed E-state index contributed by atoms with van der Waals surface area (Å²) < 4.78 is 9.21. The fourth-order valence-electron chi connectivity index (χ4n) is 2.46. The summed E-state index contributed by atoms with van der Waals surface area (Å²) in [7, 11) is 1.64. The molecule has 0 aliphatic rings. The van der Waals surface area contributed by atoms with Gasteiger partial charge in [-0.15, -0.1) is 0 Å². The molecule has 0 saturated carbocycles. The van der Waals surface area contributed by atoms with Gasteiger partial charge in [0.15, 0.2) is 5.65 Å². The van der Waals surface area contributed by atoms with E-state index in [0.29, 0.717) is 5.95 Å². The minimum absolute atomic E-state index is 0.437. The number of fused-ring (bicyclic) bond motifs is 1. The maximum Gasteiger partial charge on any atom is 0.207 e. The molecule has 20 heavy (non-hydrogen) atoms. The van der Waals surface area contributed by atoms with Gasteiger partial charge in [0.05, 0.1) is 18.5 Å². The third-order valence-corrected chi connectivity index (χ3v) is 3.36. The van der Waals surface area contributed by atoms with Crippen molar-refractivity contribution in [3.8, 4) is 11.4 Å². The number of aromatic nitrogens is 4. The van der Waals surface area contributed by atoms with Crippen LogP contribution in [0.15, 0.2) is 24.3 Å². The van der Waals surface area contributed by atoms with Crippen molar-refractivity contribution in [2.24, 2.45) is 0 Å². The average molecular weight is 271 g/mol. The van der Waals surface area contributed by atoms with E-state index < -0.39 is 0 Å². The van der Waals surface area contributed by atoms with Crippen molar-refractivity contribution in [1.29, 1.82) is 0 Å². The number of hydrogen-bond acceptors (Lipinski definition) is 4. The number of nitrogens with two attached hydrogens (primary N) is 1. The number of benzene rings is 1. The Labute approximate surface area is 116 Å². The van der Waals surface area contributed by atoms with Crippen LogP contribution in [0.3, 0.4) is 0 Å². The molecule has 0 unspecified atom stereocenters. The Balaban J connectivity index is 2.38. The molecule has 0 aliphatic carbocycles. The molecular formula is C14H17N5O. The van der Waals surface area contributed by atoms with Gasteiger partial charge in [0.25, 0.3) is 0 Å². The highest BCUT2D eigenvalue weighted by Crippen LogP contribution is 2.30. The van der Waals surface area contributed by atoms with E-state index in [1.165, 1.54) is 0 Å². The van der Waals surface area contributed by atoms with Gasteiger partial charge in [-0.1, -0.05) is 12.1 Å². The minimum atomic E-state index is 0.437. The highest BCUT2D eigenvalue weighted by Gasteiger charge is 2.19. The molecule has 0 fully saturated rings. The van der Waals surface area contributed by atoms with Crippen molar-refractivity contribution in [1.82, 2.24) is 19.3 Å². The zero-order chi connectivity index (χ0) is 14.3. The molecule has 0 radical (unpaired) electrons. The van der Waals surface area contributed by atoms with Crippen LogP contribution >= 0.6 is 0 Å². The molecule has 6 heteroatoms. The number of nitrogen functional groups attached to an aromatic ring is 1. The van der Waals surface area contributed by atoms with Crippen LogP contribution in [0.4, 0.5) is 5.95 Å². The van der Waals surface area contributed by atoms with E-state index >= 15 is 0 Å². The first-order valence-electron chi connectivity index (χ1n) is 6.52. The smallest absolute Gasteiger partial charge is 0.207 e. The fraction of sp³-hybridized carbons (Fsp3) is 0.286. The maximum atomic E-state index is 6.10. The lowest BCUT2D eigenvalue weighted by Crippen LogP contribution is -2.07. The summed E-state index contributed by atoms with van der Waals surface area (Å²) in [6.07, 6.45) is 0. The summed E-state index contributed by atoms with van der Waals surface area (Å²) in [5.74, 6) is 1.19. The highest BCUT2D eigenvalue weighted by molar-refractivity contribution is 5.80. The second-order valence-electron chi connectivity index (χ2n) is 4.55. The first-order valence-corrected chi connectivity index (χ1v) is 6.52. The monoisotopic (exact) mass is 271 g/mol. The van der Waals surface area contributed by atoms with Crippen molar-refractivity contribution in [3.05, 3.63) is 30.0 Å². The van der Waals surface area contributed by atoms with Crippen LogP contribution in [0, 0.1) is 6.92 Å². The van der Waals surface area contributed by atoms with Gasteiger partial charge in [-0.25, -0.2) is 9.67 Å². The molecule has 104 valence electrons. The summed E-state index contributed by atoms with van der Waals surface area (Å²) in [5.41, 5.74) is 9.57. The summed E-state index contributed by atoms with van der Waals surface area (Å²) in [4.78, 5) is 4.43. The lowest BCUT2D eigenvalue weighted by molar-refractivity contribution is 0.413. The standard InChI is InChI=1S/C14H17N5O/c1-4-18-13-12(9(2)17-18)16-14(15)19(13)10-7-5-6-8-11(10)20-3/h5-8H,4H2,1-3H3,(H2,15,16). The molecule has 6 nitrogen and oxygen atoms in total. The number of ether oxygens (including phenoxy) is 1. The quantitative estimate of drug-likeness (QED) is 0.792. The molecule has 2 heterocycles. The third kappa shape index (κ3) is 1.65. The third-order valence-electron chi connectivity index (χ3n) is 3.36. The van der Waals surface area contributed by atoms with Gasteiger partial charge >= 0.3 is 0 Å². The van der Waals surface area contributed by atoms with E-state index in [1.54, 1.807) is 7.11 Å². The second-order valence-corrected chi connectivity index (χ2v) is 4.55. The van der Waals surface area contributed by atoms with Crippen molar-refractivity contribution < 1.29 is 4.74 Å². The van der Waals surface area contributed by atoms with Crippen LogP contribution < -0.4 is 10.5 Å². The minimum Gasteiger partial charge on any atom is -0.495 e. The Bertz CT molecular complexity index is 771. The number of imidazole rings is 1. The van der Waals surface area contributed by atoms with Crippen molar-refractivity contribution in [2.45, 2.75) is 20.4 Å². The summed E-state index contributed by atoms with van der Waals surface area (Å²) in [5, 5.41) is 4.49. The lowest BCUT2D eigenvalue weighted by Gasteiger charge is -2.11. The molecule has 0 atom stereocenters. The van der Waals surface area contributed by atoms with Crippen LogP contribution in [-0.2, 0) is 6.54 Å². The number of para-hydroxylation sites is 2. The first kappa shape index (κ1) is 12.5. The molecule has 0 spiro atoms. The molecule has 0 aliphatic heterocycles. The van der Waals surface area contributed by atoms with Gasteiger partial charge in [0.2, 0.25) is 5.95 Å². The summed E-state index contributed by atoms with van der Waals surface area (Å²) in [6, 6.07) is 7.73. The lowest BCUT2D eigenvalue weighted by atomic mass is 10.3. The molecule has 2 N–H and O–H groups in total. The van der Waals surface area contributed by atoms with E-state index in [1.807, 2.05) is 47.4 Å². The van der Waals surface area contributed by atoms with Gasteiger partial charge in [-0.2, -0.15) is 5.10 Å². The van der Waals surface area contributed by atoms with E-state index in [2.05, 4.69) is 10.1 Å². The van der Waals surface area contributed by atoms with Crippen LogP contribution in [0.2, 0.25) is 0 Å². The predicted molar refractivity (Wildman–Crippen MR) is 78.2 cm³/mol. The summed E-state index contributed by atoms with van der Waals surface area (Å²) >= 11 is 0. The molecular weight excluding hydrogens is 254 g/mol. The highest BCUT2D eigenvalue weighted by atomic mass is 16.5. The Kier molecular flexibility index (Phi) is 2.85. The molecule has 0 bridgehead atoms. The molecule has 1 aromatic carbocycles. The first-order chi connectivity index (χ1) is 9.67. The Hall–Kier alpha value is -2.50. The summed E-state index contributed by atoms with van der Waals surface area (Å²) in [6.45, 7) is 4.74. The van der Waals surface area contributed by atoms with E-state index in [0.717, 1.165) is 34.8 Å². The number of anilines is 1. The van der Waals surface area contributed by atoms with Gasteiger partial charge in [0, 0.05) is 6.54 Å². The second kappa shape index (κ2) is 4.56. The van der Waals surface area contributed by atoms with Crippen molar-refractivity contribution in [2.75, 3.05) is 12.8 Å². The number of nitrogens with zero attached hydrogens (tertiary/aromatic N) is 4. The number of methoxy groups -OCH3 is 1. The zero-order valence-corrected chi connectivity index (χ0v) is 11.8. The van der Waals surface area contributed by atoms with E-state index in [4.69, 9.17) is 10.5 Å². The fourth-order valence-corrected chi connectivity index (χ4v) is 2.46. The number of rotatable bonds is 3. The normalized spacial score (nSPS) is 11.2. The van der Waals surface area contributed by atoms with Gasteiger partial charge in [-0.3, -0.25) is 4.57 Å². The zero-order valence-electron chi connectivity index (χ0n) is 11.8. The largest absolute Gasteiger partial charge is 0.495 e. The molecule has 0 amide bonds. The van der Waals surface area contributed by atoms with Crippen molar-refractivity contribution in [3.63, 3.8) is 0 Å². The SMILES string of the molecule is CCn1nc(C)c2nc(N)n(-c3ccccc3OC)c21. The van der Waals surface area contributed by atoms with Crippen LogP contribution in [0.5, 0.6) is 5.75 Å². The van der Waals surface area contributed by atoms with Crippen LogP contribution in [0.1, 0.15) is 12.6 Å². The predicted octanol–water partition coefficient (Wildman–Crippen LogP) is 2.14. The molecule has 3 aromatic rings. The Morgan fingerprint density at radius 3 is 2.75 bits per heavy atom. The van der Waals surface area contributed by atoms with Gasteiger partial charge < -0.3 is 10.5 Å². The Morgan fingerprint density at radius 2 is 2.05 bits per heavy atom. The topological polar surface area (TPSA) is 70.9 Å². The van der Waals surface area contributed by atoms with E-state index in [9.17, 15) is 0 Å². The Morgan fingerprint density at radius 1 is 1.30 bits per heavy atom. The number of aryl methyl sites for hydroxylation is 2. The van der Waals surface area contributed by atoms with Gasteiger partial charge in [-0.05, 0) is 26.0 Å². The average Bonchev–Trinajstić information content (AvgIpc) is 2.95.